The minimum absolute atomic E-state index is 0.0337. The fraction of sp³-hybridized carbons (Fsp3) is 0.389. The molecule has 1 fully saturated rings. The lowest BCUT2D eigenvalue weighted by molar-refractivity contribution is -0.388. The summed E-state index contributed by atoms with van der Waals surface area (Å²) in [6.45, 7) is 4.80. The molecule has 0 spiro atoms. The second-order valence-corrected chi connectivity index (χ2v) is 6.78. The number of hydrogen-bond acceptors (Lipinski definition) is 8. The average Bonchev–Trinajstić information content (AvgIpc) is 3.35. The lowest BCUT2D eigenvalue weighted by atomic mass is 10.2. The van der Waals surface area contributed by atoms with Crippen molar-refractivity contribution in [1.29, 1.82) is 0 Å². The lowest BCUT2D eigenvalue weighted by Gasteiger charge is -2.37. The minimum atomic E-state index is -0.437. The highest BCUT2D eigenvalue weighted by atomic mass is 16.6. The molecule has 1 saturated heterocycles. The van der Waals surface area contributed by atoms with Crippen LogP contribution in [0.2, 0.25) is 0 Å². The predicted octanol–water partition coefficient (Wildman–Crippen LogP) is 2.26. The number of piperazine rings is 1. The number of nitrogens with zero attached hydrogens (tertiary/aromatic N) is 7. The molecule has 0 saturated carbocycles. The number of benzene rings is 1. The van der Waals surface area contributed by atoms with E-state index in [1.54, 1.807) is 11.6 Å². The molecule has 1 aliphatic rings. The monoisotopic (exact) mass is 383 g/mol. The summed E-state index contributed by atoms with van der Waals surface area (Å²) in [5, 5.41) is 15.3. The molecule has 0 N–H and O–H groups in total. The minimum Gasteiger partial charge on any atom is -0.358 e. The van der Waals surface area contributed by atoms with E-state index in [4.69, 9.17) is 4.52 Å². The largest absolute Gasteiger partial charge is 0.406 e. The normalized spacial score (nSPS) is 16.3. The number of aryl methyl sites for hydroxylation is 1. The molecule has 0 amide bonds. The topological polar surface area (TPSA) is 106 Å². The number of imidazole rings is 1. The zero-order chi connectivity index (χ0) is 19.7. The maximum Gasteiger partial charge on any atom is 0.406 e. The molecule has 3 aromatic rings. The van der Waals surface area contributed by atoms with Crippen molar-refractivity contribution in [2.75, 3.05) is 31.1 Å². The quantitative estimate of drug-likeness (QED) is 0.488. The van der Waals surface area contributed by atoms with Gasteiger partial charge >= 0.3 is 5.82 Å². The molecule has 3 heterocycles. The van der Waals surface area contributed by atoms with Gasteiger partial charge in [-0.25, -0.2) is 0 Å². The first-order valence-corrected chi connectivity index (χ1v) is 9.08. The highest BCUT2D eigenvalue weighted by Crippen LogP contribution is 2.29. The molecule has 0 bridgehead atoms. The number of nitro groups is 1. The second kappa shape index (κ2) is 7.39. The van der Waals surface area contributed by atoms with Gasteiger partial charge in [0, 0.05) is 38.8 Å². The predicted molar refractivity (Wildman–Crippen MR) is 102 cm³/mol. The van der Waals surface area contributed by atoms with Gasteiger partial charge in [0.15, 0.2) is 0 Å². The summed E-state index contributed by atoms with van der Waals surface area (Å²) in [4.78, 5) is 23.5. The fourth-order valence-corrected chi connectivity index (χ4v) is 3.49. The van der Waals surface area contributed by atoms with E-state index in [0.29, 0.717) is 30.6 Å². The summed E-state index contributed by atoms with van der Waals surface area (Å²) in [6.07, 6.45) is 1.48. The first-order chi connectivity index (χ1) is 13.5. The molecule has 146 valence electrons. The zero-order valence-electron chi connectivity index (χ0n) is 15.7. The molecule has 1 aliphatic heterocycles. The second-order valence-electron chi connectivity index (χ2n) is 6.78. The molecule has 28 heavy (non-hydrogen) atoms. The third-order valence-electron chi connectivity index (χ3n) is 5.05. The van der Waals surface area contributed by atoms with E-state index < -0.39 is 4.92 Å². The smallest absolute Gasteiger partial charge is 0.358 e. The van der Waals surface area contributed by atoms with E-state index in [2.05, 4.69) is 20.0 Å². The first-order valence-electron chi connectivity index (χ1n) is 9.08. The van der Waals surface area contributed by atoms with Crippen molar-refractivity contribution in [3.8, 4) is 11.4 Å². The van der Waals surface area contributed by atoms with Crippen LogP contribution in [0.25, 0.3) is 11.4 Å². The Balaban J connectivity index is 1.44. The molecule has 1 aromatic carbocycles. The molecule has 10 nitrogen and oxygen atoms in total. The molecular weight excluding hydrogens is 362 g/mol. The van der Waals surface area contributed by atoms with Gasteiger partial charge in [-0.2, -0.15) is 4.98 Å². The highest BCUT2D eigenvalue weighted by Gasteiger charge is 2.31. The summed E-state index contributed by atoms with van der Waals surface area (Å²) >= 11 is 0. The molecule has 4 rings (SSSR count). The Kier molecular flexibility index (Phi) is 4.78. The third-order valence-corrected chi connectivity index (χ3v) is 5.05. The van der Waals surface area contributed by atoms with Gasteiger partial charge in [-0.1, -0.05) is 35.5 Å². The Morgan fingerprint density at radius 3 is 2.57 bits per heavy atom. The zero-order valence-corrected chi connectivity index (χ0v) is 15.7. The SMILES string of the molecule is CC(c1nc(-c2ccccc2)no1)N1CCN(c2c([N+](=O)[O-])ncn2C)CC1. The maximum atomic E-state index is 11.2. The van der Waals surface area contributed by atoms with Crippen LogP contribution >= 0.6 is 0 Å². The Bertz CT molecular complexity index is 961. The van der Waals surface area contributed by atoms with E-state index >= 15 is 0 Å². The maximum absolute atomic E-state index is 11.2. The summed E-state index contributed by atoms with van der Waals surface area (Å²) < 4.78 is 7.18. The number of hydrogen-bond donors (Lipinski definition) is 0. The Morgan fingerprint density at radius 1 is 1.18 bits per heavy atom. The van der Waals surface area contributed by atoms with E-state index in [9.17, 15) is 10.1 Å². The summed E-state index contributed by atoms with van der Waals surface area (Å²) in [5.41, 5.74) is 0.915. The van der Waals surface area contributed by atoms with Crippen LogP contribution in [0.4, 0.5) is 11.6 Å². The summed E-state index contributed by atoms with van der Waals surface area (Å²) in [6, 6.07) is 9.67. The summed E-state index contributed by atoms with van der Waals surface area (Å²) in [7, 11) is 1.77. The van der Waals surface area contributed by atoms with E-state index in [-0.39, 0.29) is 11.9 Å². The standard InChI is InChI=1S/C18H21N7O3/c1-13(17-20-15(21-28-17)14-6-4-3-5-7-14)23-8-10-24(11-9-23)18-16(25(26)27)19-12-22(18)2/h3-7,12-13H,8-11H2,1-2H3. The molecule has 2 aromatic heterocycles. The van der Waals surface area contributed by atoms with Gasteiger partial charge in [0.05, 0.1) is 6.04 Å². The van der Waals surface area contributed by atoms with Crippen molar-refractivity contribution in [1.82, 2.24) is 24.6 Å². The fourth-order valence-electron chi connectivity index (χ4n) is 3.49. The Hall–Kier alpha value is -3.27. The van der Waals surface area contributed by atoms with Gasteiger partial charge in [-0.15, -0.1) is 0 Å². The van der Waals surface area contributed by atoms with Gasteiger partial charge < -0.3 is 19.5 Å². The van der Waals surface area contributed by atoms with Crippen LogP contribution in [0.5, 0.6) is 0 Å². The van der Waals surface area contributed by atoms with Crippen LogP contribution in [-0.4, -0.2) is 55.7 Å². The van der Waals surface area contributed by atoms with Gasteiger partial charge in [0.2, 0.25) is 23.9 Å². The molecule has 1 atom stereocenters. The number of aromatic nitrogens is 4. The third kappa shape index (κ3) is 3.33. The van der Waals surface area contributed by atoms with Gasteiger partial charge in [0.1, 0.15) is 0 Å². The average molecular weight is 383 g/mol. The van der Waals surface area contributed by atoms with Crippen LogP contribution in [0.3, 0.4) is 0 Å². The molecular formula is C18H21N7O3. The van der Waals surface area contributed by atoms with Crippen LogP contribution in [0.1, 0.15) is 18.9 Å². The van der Waals surface area contributed by atoms with Gasteiger partial charge in [-0.3, -0.25) is 9.47 Å². The summed E-state index contributed by atoms with van der Waals surface area (Å²) in [5.74, 6) is 1.58. The molecule has 1 unspecified atom stereocenters. The molecule has 0 aliphatic carbocycles. The van der Waals surface area contributed by atoms with Crippen LogP contribution in [0, 0.1) is 10.1 Å². The Morgan fingerprint density at radius 2 is 1.89 bits per heavy atom. The van der Waals surface area contributed by atoms with Crippen molar-refractivity contribution >= 4 is 11.6 Å². The highest BCUT2D eigenvalue weighted by molar-refractivity contribution is 5.55. The van der Waals surface area contributed by atoms with Gasteiger partial charge in [-0.05, 0) is 16.8 Å². The van der Waals surface area contributed by atoms with Gasteiger partial charge in [0.25, 0.3) is 0 Å². The van der Waals surface area contributed by atoms with E-state index in [1.807, 2.05) is 42.2 Å². The van der Waals surface area contributed by atoms with Crippen LogP contribution in [0.15, 0.2) is 41.2 Å². The van der Waals surface area contributed by atoms with Crippen LogP contribution < -0.4 is 4.90 Å². The van der Waals surface area contributed by atoms with Crippen molar-refractivity contribution in [3.05, 3.63) is 52.7 Å². The molecule has 0 radical (unpaired) electrons. The van der Waals surface area contributed by atoms with Crippen molar-refractivity contribution in [3.63, 3.8) is 0 Å². The lowest BCUT2D eigenvalue weighted by Crippen LogP contribution is -2.47. The first kappa shape index (κ1) is 18.1. The number of rotatable bonds is 5. The molecule has 10 heteroatoms. The Labute approximate surface area is 161 Å². The van der Waals surface area contributed by atoms with Crippen molar-refractivity contribution in [2.45, 2.75) is 13.0 Å². The van der Waals surface area contributed by atoms with Crippen LogP contribution in [-0.2, 0) is 7.05 Å². The van der Waals surface area contributed by atoms with E-state index in [0.717, 1.165) is 18.7 Å². The number of anilines is 1. The van der Waals surface area contributed by atoms with Crippen molar-refractivity contribution in [2.24, 2.45) is 7.05 Å². The van der Waals surface area contributed by atoms with E-state index in [1.165, 1.54) is 6.33 Å². The van der Waals surface area contributed by atoms with Crippen molar-refractivity contribution < 1.29 is 9.45 Å².